The van der Waals surface area contributed by atoms with Crippen molar-refractivity contribution in [2.24, 2.45) is 23.7 Å². The molecule has 2 N–H and O–H groups in total. The van der Waals surface area contributed by atoms with Gasteiger partial charge in [0.1, 0.15) is 5.75 Å². The van der Waals surface area contributed by atoms with Crippen LogP contribution in [0.4, 0.5) is 8.78 Å². The maximum atomic E-state index is 14.4. The summed E-state index contributed by atoms with van der Waals surface area (Å²) in [7, 11) is 0. The van der Waals surface area contributed by atoms with Gasteiger partial charge in [0.05, 0.1) is 18.1 Å². The normalized spacial score (nSPS) is 28.9. The first kappa shape index (κ1) is 25.6. The smallest absolute Gasteiger partial charge is 0.306 e. The minimum Gasteiger partial charge on any atom is -0.487 e. The standard InChI is InChI=1S/C26H36F2O5/c1-2-6-19(25(30)31)11-9-18-10-12-22-21(23(29)15-24(22)32-16-18)13-14-26(27,28)17-33-20-7-4-3-5-8-20/h3-5,7-8,13-14,18-19,21-24,29H,2,6,9-12,15-17H2,1H3,(H,30,31)/t18-,19?,21-,22-,23-,24+/m1/s1. The van der Waals surface area contributed by atoms with E-state index in [0.29, 0.717) is 31.6 Å². The Morgan fingerprint density at radius 1 is 1.27 bits per heavy atom. The molecule has 5 nitrogen and oxygen atoms in total. The van der Waals surface area contributed by atoms with Crippen molar-refractivity contribution in [3.05, 3.63) is 42.5 Å². The van der Waals surface area contributed by atoms with E-state index in [2.05, 4.69) is 0 Å². The lowest BCUT2D eigenvalue weighted by Gasteiger charge is -2.21. The van der Waals surface area contributed by atoms with Gasteiger partial charge in [0.15, 0.2) is 6.61 Å². The van der Waals surface area contributed by atoms with Crippen LogP contribution in [0.1, 0.15) is 51.9 Å². The van der Waals surface area contributed by atoms with Gasteiger partial charge in [-0.15, -0.1) is 0 Å². The number of halogens is 2. The Labute approximate surface area is 194 Å². The second-order valence-corrected chi connectivity index (χ2v) is 9.48. The number of hydrogen-bond acceptors (Lipinski definition) is 4. The Balaban J connectivity index is 1.54. The third-order valence-corrected chi connectivity index (χ3v) is 6.99. The van der Waals surface area contributed by atoms with E-state index < -0.39 is 24.6 Å². The fourth-order valence-electron chi connectivity index (χ4n) is 5.12. The molecular weight excluding hydrogens is 430 g/mol. The van der Waals surface area contributed by atoms with Gasteiger partial charge in [0.25, 0.3) is 5.92 Å². The molecule has 1 aliphatic heterocycles. The lowest BCUT2D eigenvalue weighted by molar-refractivity contribution is -0.142. The fraction of sp³-hybridized carbons (Fsp3) is 0.654. The van der Waals surface area contributed by atoms with E-state index in [-0.39, 0.29) is 29.8 Å². The van der Waals surface area contributed by atoms with Crippen molar-refractivity contribution in [2.75, 3.05) is 13.2 Å². The zero-order chi connectivity index (χ0) is 23.8. The molecule has 7 heteroatoms. The molecule has 2 fully saturated rings. The van der Waals surface area contributed by atoms with Gasteiger partial charge >= 0.3 is 5.97 Å². The van der Waals surface area contributed by atoms with Gasteiger partial charge in [0, 0.05) is 18.9 Å². The Bertz CT molecular complexity index is 769. The number of carboxylic acids is 1. The van der Waals surface area contributed by atoms with Crippen LogP contribution in [0.2, 0.25) is 0 Å². The van der Waals surface area contributed by atoms with Crippen LogP contribution in [0.3, 0.4) is 0 Å². The molecular formula is C26H36F2O5. The predicted molar refractivity (Wildman–Crippen MR) is 121 cm³/mol. The molecule has 0 radical (unpaired) electrons. The van der Waals surface area contributed by atoms with E-state index in [0.717, 1.165) is 31.8 Å². The highest BCUT2D eigenvalue weighted by atomic mass is 19.3. The lowest BCUT2D eigenvalue weighted by atomic mass is 9.85. The molecule has 1 saturated heterocycles. The van der Waals surface area contributed by atoms with Crippen LogP contribution in [0, 0.1) is 23.7 Å². The van der Waals surface area contributed by atoms with E-state index in [1.54, 1.807) is 30.3 Å². The minimum absolute atomic E-state index is 0.0157. The third-order valence-electron chi connectivity index (χ3n) is 6.99. The number of alkyl halides is 2. The molecule has 0 aromatic heterocycles. The predicted octanol–water partition coefficient (Wildman–Crippen LogP) is 5.33. The fourth-order valence-corrected chi connectivity index (χ4v) is 5.12. The first-order valence-corrected chi connectivity index (χ1v) is 12.1. The molecule has 0 spiro atoms. The number of aliphatic hydroxyl groups is 1. The molecule has 1 aromatic carbocycles. The first-order valence-electron chi connectivity index (χ1n) is 12.1. The Kier molecular flexibility index (Phi) is 9.27. The summed E-state index contributed by atoms with van der Waals surface area (Å²) >= 11 is 0. The van der Waals surface area contributed by atoms with Crippen molar-refractivity contribution in [2.45, 2.75) is 70.0 Å². The molecule has 6 atom stereocenters. The van der Waals surface area contributed by atoms with Crippen molar-refractivity contribution < 1.29 is 33.3 Å². The highest BCUT2D eigenvalue weighted by Crippen LogP contribution is 2.42. The van der Waals surface area contributed by atoms with Crippen LogP contribution in [-0.2, 0) is 9.53 Å². The molecule has 0 amide bonds. The SMILES string of the molecule is CCCC(CC[C@@H]1CC[C@@H]2[C@@H](C=CC(F)(F)COc3ccccc3)[C@H](O)C[C@@H]2OC1)C(=O)O. The van der Waals surface area contributed by atoms with Crippen molar-refractivity contribution in [3.8, 4) is 5.75 Å². The van der Waals surface area contributed by atoms with E-state index in [1.165, 1.54) is 6.08 Å². The second kappa shape index (κ2) is 11.9. The number of carbonyl (C=O) groups is 1. The Morgan fingerprint density at radius 2 is 2.03 bits per heavy atom. The van der Waals surface area contributed by atoms with Crippen LogP contribution in [0.15, 0.2) is 42.5 Å². The molecule has 0 bridgehead atoms. The number of hydrogen-bond donors (Lipinski definition) is 2. The summed E-state index contributed by atoms with van der Waals surface area (Å²) in [6, 6.07) is 8.50. The van der Waals surface area contributed by atoms with Crippen LogP contribution in [0.25, 0.3) is 0 Å². The number of fused-ring (bicyclic) bond motifs is 1. The number of benzene rings is 1. The van der Waals surface area contributed by atoms with Crippen LogP contribution < -0.4 is 4.74 Å². The second-order valence-electron chi connectivity index (χ2n) is 9.48. The van der Waals surface area contributed by atoms with Gasteiger partial charge in [0.2, 0.25) is 0 Å². The summed E-state index contributed by atoms with van der Waals surface area (Å²) in [5, 5.41) is 19.9. The van der Waals surface area contributed by atoms with E-state index in [9.17, 15) is 23.8 Å². The van der Waals surface area contributed by atoms with E-state index in [4.69, 9.17) is 9.47 Å². The largest absolute Gasteiger partial charge is 0.487 e. The number of rotatable bonds is 11. The van der Waals surface area contributed by atoms with Crippen LogP contribution in [0.5, 0.6) is 5.75 Å². The Morgan fingerprint density at radius 3 is 2.73 bits per heavy atom. The number of para-hydroxylation sites is 1. The highest BCUT2D eigenvalue weighted by molar-refractivity contribution is 5.69. The van der Waals surface area contributed by atoms with Crippen LogP contribution in [-0.4, -0.2) is 47.5 Å². The van der Waals surface area contributed by atoms with Crippen LogP contribution >= 0.6 is 0 Å². The zero-order valence-electron chi connectivity index (χ0n) is 19.2. The summed E-state index contributed by atoms with van der Waals surface area (Å²) < 4.78 is 40.1. The number of ether oxygens (including phenoxy) is 2. The lowest BCUT2D eigenvalue weighted by Crippen LogP contribution is -2.25. The van der Waals surface area contributed by atoms with E-state index in [1.807, 2.05) is 6.92 Å². The van der Waals surface area contributed by atoms with Crippen molar-refractivity contribution >= 4 is 5.97 Å². The summed E-state index contributed by atoms with van der Waals surface area (Å²) in [6.45, 7) is 1.76. The maximum Gasteiger partial charge on any atom is 0.306 e. The highest BCUT2D eigenvalue weighted by Gasteiger charge is 2.44. The molecule has 1 heterocycles. The molecule has 2 aliphatic rings. The number of aliphatic carboxylic acids is 1. The van der Waals surface area contributed by atoms with Crippen molar-refractivity contribution in [3.63, 3.8) is 0 Å². The molecule has 3 rings (SSSR count). The van der Waals surface area contributed by atoms with Gasteiger partial charge in [-0.2, -0.15) is 8.78 Å². The average Bonchev–Trinajstić information content (AvgIpc) is 2.95. The van der Waals surface area contributed by atoms with Crippen molar-refractivity contribution in [1.29, 1.82) is 0 Å². The maximum absolute atomic E-state index is 14.4. The topological polar surface area (TPSA) is 76.0 Å². The van der Waals surface area contributed by atoms with Crippen molar-refractivity contribution in [1.82, 2.24) is 0 Å². The molecule has 1 aliphatic carbocycles. The van der Waals surface area contributed by atoms with E-state index >= 15 is 0 Å². The van der Waals surface area contributed by atoms with Gasteiger partial charge in [-0.05, 0) is 62.1 Å². The van der Waals surface area contributed by atoms with Gasteiger partial charge < -0.3 is 19.7 Å². The summed E-state index contributed by atoms with van der Waals surface area (Å²) in [5.41, 5.74) is 0. The Hall–Kier alpha value is -1.99. The average molecular weight is 467 g/mol. The number of aliphatic hydroxyl groups excluding tert-OH is 1. The minimum atomic E-state index is -3.15. The van der Waals surface area contributed by atoms with Gasteiger partial charge in [-0.1, -0.05) is 37.6 Å². The van der Waals surface area contributed by atoms with Gasteiger partial charge in [-0.25, -0.2) is 0 Å². The molecule has 1 unspecified atom stereocenters. The molecule has 33 heavy (non-hydrogen) atoms. The molecule has 184 valence electrons. The third kappa shape index (κ3) is 7.51. The molecule has 1 aromatic rings. The summed E-state index contributed by atoms with van der Waals surface area (Å²) in [5.74, 6) is -3.96. The monoisotopic (exact) mass is 466 g/mol. The summed E-state index contributed by atoms with van der Waals surface area (Å²) in [4.78, 5) is 11.4. The number of carboxylic acid groups (broad SMARTS) is 1. The zero-order valence-corrected chi connectivity index (χ0v) is 19.2. The summed E-state index contributed by atoms with van der Waals surface area (Å²) in [6.07, 6.45) is 6.44. The van der Waals surface area contributed by atoms with Gasteiger partial charge in [-0.3, -0.25) is 4.79 Å². The molecule has 1 saturated carbocycles. The first-order chi connectivity index (χ1) is 15.8. The quantitative estimate of drug-likeness (QED) is 0.431.